The lowest BCUT2D eigenvalue weighted by Crippen LogP contribution is -2.55. The number of carbonyl (C=O) groups excluding carboxylic acids is 3. The summed E-state index contributed by atoms with van der Waals surface area (Å²) >= 11 is 5.32. The summed E-state index contributed by atoms with van der Waals surface area (Å²) in [5, 5.41) is 16.1. The summed E-state index contributed by atoms with van der Waals surface area (Å²) in [6.07, 6.45) is 0.974. The summed E-state index contributed by atoms with van der Waals surface area (Å²) in [6.45, 7) is -0.299. The van der Waals surface area contributed by atoms with Gasteiger partial charge in [0.05, 0.1) is 36.3 Å². The Bertz CT molecular complexity index is 1180. The minimum Gasteiger partial charge on any atom is -0.497 e. The standard InChI is InChI=1S/C27H30BrN3O5S/c1-29-24(33)20-21-26(35)31(17(14-32)12-15-6-4-3-5-7-15)23(27(21)13-19(28)22(20)37-27)25(34)30-16-8-10-18(36-2)11-9-16/h3-11,17,19-23,32H,12-14H2,1-2H3,(H,29,33)(H,30,34)/t17-,19?,20+,21+,22+,23?,27?/m1/s1. The first kappa shape index (κ1) is 26.1. The second kappa shape index (κ2) is 10.3. The molecule has 5 rings (SSSR count). The lowest BCUT2D eigenvalue weighted by Gasteiger charge is -2.37. The van der Waals surface area contributed by atoms with E-state index in [1.165, 1.54) is 0 Å². The van der Waals surface area contributed by atoms with Gasteiger partial charge in [-0.15, -0.1) is 11.8 Å². The highest BCUT2D eigenvalue weighted by Crippen LogP contribution is 2.68. The van der Waals surface area contributed by atoms with E-state index in [0.29, 0.717) is 24.3 Å². The van der Waals surface area contributed by atoms with Crippen molar-refractivity contribution in [3.63, 3.8) is 0 Å². The Morgan fingerprint density at radius 1 is 1.19 bits per heavy atom. The molecule has 3 N–H and O–H groups in total. The number of hydrogen-bond donors (Lipinski definition) is 3. The maximum absolute atomic E-state index is 14.2. The molecule has 2 aromatic rings. The smallest absolute Gasteiger partial charge is 0.248 e. The minimum atomic E-state index is -0.849. The van der Waals surface area contributed by atoms with Crippen LogP contribution in [0.1, 0.15) is 12.0 Å². The molecule has 0 aromatic heterocycles. The molecule has 7 atom stereocenters. The predicted octanol–water partition coefficient (Wildman–Crippen LogP) is 2.45. The van der Waals surface area contributed by atoms with Crippen LogP contribution in [0.15, 0.2) is 54.6 Å². The molecule has 10 heteroatoms. The van der Waals surface area contributed by atoms with Crippen molar-refractivity contribution in [1.82, 2.24) is 10.2 Å². The van der Waals surface area contributed by atoms with E-state index in [1.54, 1.807) is 55.1 Å². The summed E-state index contributed by atoms with van der Waals surface area (Å²) in [7, 11) is 3.15. The first-order valence-corrected chi connectivity index (χ1v) is 14.1. The van der Waals surface area contributed by atoms with Crippen LogP contribution in [0.5, 0.6) is 5.75 Å². The van der Waals surface area contributed by atoms with E-state index < -0.39 is 28.7 Å². The van der Waals surface area contributed by atoms with Gasteiger partial charge in [0.2, 0.25) is 17.7 Å². The highest BCUT2D eigenvalue weighted by Gasteiger charge is 2.76. The van der Waals surface area contributed by atoms with E-state index in [4.69, 9.17) is 4.74 Å². The molecule has 3 aliphatic rings. The number of carbonyl (C=O) groups is 3. The van der Waals surface area contributed by atoms with Crippen LogP contribution in [0.2, 0.25) is 0 Å². The number of nitrogens with zero attached hydrogens (tertiary/aromatic N) is 1. The van der Waals surface area contributed by atoms with Gasteiger partial charge in [-0.2, -0.15) is 0 Å². The first-order valence-electron chi connectivity index (χ1n) is 12.3. The lowest BCUT2D eigenvalue weighted by molar-refractivity contribution is -0.141. The van der Waals surface area contributed by atoms with Gasteiger partial charge in [0.1, 0.15) is 11.8 Å². The molecule has 196 valence electrons. The van der Waals surface area contributed by atoms with Crippen molar-refractivity contribution >= 4 is 51.1 Å². The van der Waals surface area contributed by atoms with Crippen molar-refractivity contribution in [2.45, 2.75) is 39.7 Å². The average Bonchev–Trinajstić information content (AvgIpc) is 3.51. The number of hydrogen-bond acceptors (Lipinski definition) is 6. The number of ether oxygens (including phenoxy) is 1. The fraction of sp³-hybridized carbons (Fsp3) is 0.444. The van der Waals surface area contributed by atoms with Gasteiger partial charge in [-0.3, -0.25) is 14.4 Å². The van der Waals surface area contributed by atoms with Crippen molar-refractivity contribution in [3.05, 3.63) is 60.2 Å². The number of aliphatic hydroxyl groups is 1. The predicted molar refractivity (Wildman–Crippen MR) is 146 cm³/mol. The SMILES string of the molecule is CNC(=O)[C@H]1[C@H]2C(=O)N([C@@H](CO)Cc3ccccc3)C(C(=O)Nc3ccc(OC)cc3)C23CC(Br)[C@@H]1S3. The van der Waals surface area contributed by atoms with E-state index in [9.17, 15) is 19.5 Å². The number of thioether (sulfide) groups is 1. The molecule has 0 aliphatic carbocycles. The van der Waals surface area contributed by atoms with Gasteiger partial charge in [-0.25, -0.2) is 0 Å². The van der Waals surface area contributed by atoms with Gasteiger partial charge in [-0.1, -0.05) is 46.3 Å². The number of nitrogens with one attached hydrogen (secondary N) is 2. The number of fused-ring (bicyclic) bond motifs is 1. The van der Waals surface area contributed by atoms with Gasteiger partial charge >= 0.3 is 0 Å². The van der Waals surface area contributed by atoms with Crippen LogP contribution in [0, 0.1) is 11.8 Å². The zero-order valence-corrected chi connectivity index (χ0v) is 23.0. The molecule has 0 saturated carbocycles. The number of benzene rings is 2. The summed E-state index contributed by atoms with van der Waals surface area (Å²) < 4.78 is 4.44. The Hall–Kier alpha value is -2.56. The third-order valence-electron chi connectivity index (χ3n) is 7.80. The van der Waals surface area contributed by atoms with Gasteiger partial charge in [0, 0.05) is 22.8 Å². The molecule has 8 nitrogen and oxygen atoms in total. The van der Waals surface area contributed by atoms with Crippen LogP contribution in [0.25, 0.3) is 0 Å². The van der Waals surface area contributed by atoms with Crippen LogP contribution in [0.3, 0.4) is 0 Å². The Morgan fingerprint density at radius 2 is 1.89 bits per heavy atom. The Morgan fingerprint density at radius 3 is 2.51 bits per heavy atom. The quantitative estimate of drug-likeness (QED) is 0.409. The first-order chi connectivity index (χ1) is 17.8. The number of methoxy groups -OCH3 is 1. The van der Waals surface area contributed by atoms with Crippen LogP contribution in [-0.4, -0.2) is 75.4 Å². The lowest BCUT2D eigenvalue weighted by atomic mass is 9.70. The molecule has 3 aliphatic heterocycles. The Kier molecular flexibility index (Phi) is 7.26. The number of rotatable bonds is 8. The van der Waals surface area contributed by atoms with Crippen molar-refractivity contribution in [1.29, 1.82) is 0 Å². The number of halogens is 1. The molecule has 2 bridgehead atoms. The van der Waals surface area contributed by atoms with Gasteiger partial charge in [0.15, 0.2) is 0 Å². The van der Waals surface area contributed by atoms with E-state index in [-0.39, 0.29) is 34.4 Å². The topological polar surface area (TPSA) is 108 Å². The fourth-order valence-electron chi connectivity index (χ4n) is 6.25. The maximum Gasteiger partial charge on any atom is 0.248 e. The highest BCUT2D eigenvalue weighted by atomic mass is 79.9. The molecule has 3 amide bonds. The van der Waals surface area contributed by atoms with Crippen molar-refractivity contribution in [3.8, 4) is 5.75 Å². The molecule has 3 saturated heterocycles. The molecule has 3 fully saturated rings. The molecule has 37 heavy (non-hydrogen) atoms. The number of likely N-dealkylation sites (tertiary alicyclic amines) is 1. The third kappa shape index (κ3) is 4.32. The van der Waals surface area contributed by atoms with Gasteiger partial charge in [0.25, 0.3) is 0 Å². The number of anilines is 1. The van der Waals surface area contributed by atoms with Gasteiger partial charge < -0.3 is 25.4 Å². The van der Waals surface area contributed by atoms with E-state index >= 15 is 0 Å². The summed E-state index contributed by atoms with van der Waals surface area (Å²) in [5.41, 5.74) is 1.54. The largest absolute Gasteiger partial charge is 0.497 e. The van der Waals surface area contributed by atoms with E-state index in [2.05, 4.69) is 26.6 Å². The fourth-order valence-corrected chi connectivity index (χ4v) is 9.85. The molecule has 3 heterocycles. The average molecular weight is 589 g/mol. The monoisotopic (exact) mass is 587 g/mol. The minimum absolute atomic E-state index is 0.0122. The molecule has 0 radical (unpaired) electrons. The Balaban J connectivity index is 1.55. The van der Waals surface area contributed by atoms with Gasteiger partial charge in [-0.05, 0) is 42.7 Å². The molecular formula is C27H30BrN3O5S. The number of alkyl halides is 1. The van der Waals surface area contributed by atoms with Crippen molar-refractivity contribution in [2.75, 3.05) is 26.1 Å². The van der Waals surface area contributed by atoms with E-state index in [1.807, 2.05) is 30.3 Å². The van der Waals surface area contributed by atoms with Crippen molar-refractivity contribution in [2.24, 2.45) is 11.8 Å². The molecule has 2 aromatic carbocycles. The normalized spacial score (nSPS) is 30.6. The highest BCUT2D eigenvalue weighted by molar-refractivity contribution is 9.09. The second-order valence-electron chi connectivity index (χ2n) is 9.77. The molecule has 3 unspecified atom stereocenters. The second-order valence-corrected chi connectivity index (χ2v) is 12.5. The Labute approximate surface area is 228 Å². The zero-order chi connectivity index (χ0) is 26.3. The summed E-state index contributed by atoms with van der Waals surface area (Å²) in [5.74, 6) is -1.30. The third-order valence-corrected chi connectivity index (χ3v) is 11.0. The maximum atomic E-state index is 14.2. The summed E-state index contributed by atoms with van der Waals surface area (Å²) in [4.78, 5) is 42.8. The molecule has 1 spiro atoms. The summed E-state index contributed by atoms with van der Waals surface area (Å²) in [6, 6.07) is 15.2. The van der Waals surface area contributed by atoms with Crippen LogP contribution >= 0.6 is 27.7 Å². The van der Waals surface area contributed by atoms with E-state index in [0.717, 1.165) is 5.56 Å². The van der Waals surface area contributed by atoms with Crippen LogP contribution in [-0.2, 0) is 20.8 Å². The van der Waals surface area contributed by atoms with Crippen LogP contribution in [0.4, 0.5) is 5.69 Å². The zero-order valence-electron chi connectivity index (χ0n) is 20.6. The van der Waals surface area contributed by atoms with Crippen LogP contribution < -0.4 is 15.4 Å². The molecular weight excluding hydrogens is 558 g/mol. The van der Waals surface area contributed by atoms with Crippen molar-refractivity contribution < 1.29 is 24.2 Å². The number of aliphatic hydroxyl groups excluding tert-OH is 1. The number of amides is 3.